The van der Waals surface area contributed by atoms with Crippen molar-refractivity contribution >= 4 is 11.9 Å². The van der Waals surface area contributed by atoms with Crippen molar-refractivity contribution < 1.29 is 19.4 Å². The standard InChI is InChI=1S/C14H23NO4/c1-15(9-10-4-6-19-7-5-10)13(16)11-2-3-12(8-11)14(17)18/h10-12H,2-9H2,1H3,(H,17,18). The van der Waals surface area contributed by atoms with E-state index in [0.717, 1.165) is 32.6 Å². The minimum atomic E-state index is -0.762. The highest BCUT2D eigenvalue weighted by Crippen LogP contribution is 2.32. The van der Waals surface area contributed by atoms with Crippen molar-refractivity contribution in [3.63, 3.8) is 0 Å². The molecule has 1 saturated carbocycles. The van der Waals surface area contributed by atoms with Gasteiger partial charge in [0.25, 0.3) is 0 Å². The monoisotopic (exact) mass is 269 g/mol. The Hall–Kier alpha value is -1.10. The van der Waals surface area contributed by atoms with Crippen molar-refractivity contribution in [1.29, 1.82) is 0 Å². The molecular formula is C14H23NO4. The van der Waals surface area contributed by atoms with Crippen LogP contribution in [0.3, 0.4) is 0 Å². The number of carboxylic acids is 1. The first-order valence-corrected chi connectivity index (χ1v) is 7.13. The third-order valence-electron chi connectivity index (χ3n) is 4.38. The van der Waals surface area contributed by atoms with Crippen LogP contribution in [-0.2, 0) is 14.3 Å². The smallest absolute Gasteiger partial charge is 0.306 e. The summed E-state index contributed by atoms with van der Waals surface area (Å²) in [5.41, 5.74) is 0. The van der Waals surface area contributed by atoms with E-state index in [0.29, 0.717) is 25.2 Å². The number of carbonyl (C=O) groups excluding carboxylic acids is 1. The Morgan fingerprint density at radius 2 is 1.79 bits per heavy atom. The fourth-order valence-corrected chi connectivity index (χ4v) is 3.15. The van der Waals surface area contributed by atoms with Gasteiger partial charge in [0.05, 0.1) is 5.92 Å². The van der Waals surface area contributed by atoms with Crippen LogP contribution >= 0.6 is 0 Å². The lowest BCUT2D eigenvalue weighted by molar-refractivity contribution is -0.141. The fourth-order valence-electron chi connectivity index (χ4n) is 3.15. The number of carbonyl (C=O) groups is 2. The topological polar surface area (TPSA) is 66.8 Å². The Morgan fingerprint density at radius 3 is 2.37 bits per heavy atom. The summed E-state index contributed by atoms with van der Waals surface area (Å²) in [5, 5.41) is 8.97. The molecule has 108 valence electrons. The molecule has 1 heterocycles. The van der Waals surface area contributed by atoms with Crippen LogP contribution in [0.4, 0.5) is 0 Å². The number of hydrogen-bond donors (Lipinski definition) is 1. The van der Waals surface area contributed by atoms with E-state index in [1.807, 2.05) is 7.05 Å². The highest BCUT2D eigenvalue weighted by atomic mass is 16.5. The van der Waals surface area contributed by atoms with Crippen molar-refractivity contribution in [1.82, 2.24) is 4.90 Å². The molecule has 1 amide bonds. The average Bonchev–Trinajstić information content (AvgIpc) is 2.88. The lowest BCUT2D eigenvalue weighted by Crippen LogP contribution is -2.37. The largest absolute Gasteiger partial charge is 0.481 e. The van der Waals surface area contributed by atoms with Crippen LogP contribution in [0.15, 0.2) is 0 Å². The number of nitrogens with zero attached hydrogens (tertiary/aromatic N) is 1. The molecule has 2 aliphatic rings. The maximum absolute atomic E-state index is 12.3. The Kier molecular flexibility index (Phi) is 4.80. The Bertz CT molecular complexity index is 338. The molecule has 2 unspecified atom stereocenters. The van der Waals surface area contributed by atoms with E-state index in [2.05, 4.69) is 0 Å². The summed E-state index contributed by atoms with van der Waals surface area (Å²) in [5.74, 6) is -0.534. The van der Waals surface area contributed by atoms with Crippen molar-refractivity contribution in [2.24, 2.45) is 17.8 Å². The van der Waals surface area contributed by atoms with Crippen LogP contribution in [-0.4, -0.2) is 48.7 Å². The maximum Gasteiger partial charge on any atom is 0.306 e. The predicted octanol–water partition coefficient (Wildman–Crippen LogP) is 1.37. The molecule has 0 spiro atoms. The van der Waals surface area contributed by atoms with E-state index in [9.17, 15) is 9.59 Å². The van der Waals surface area contributed by atoms with E-state index < -0.39 is 5.97 Å². The molecule has 1 N–H and O–H groups in total. The Labute approximate surface area is 113 Å². The first-order valence-electron chi connectivity index (χ1n) is 7.13. The number of rotatable bonds is 4. The molecule has 1 aliphatic carbocycles. The zero-order chi connectivity index (χ0) is 13.8. The summed E-state index contributed by atoms with van der Waals surface area (Å²) in [4.78, 5) is 25.0. The normalized spacial score (nSPS) is 28.3. The zero-order valence-electron chi connectivity index (χ0n) is 11.5. The second-order valence-corrected chi connectivity index (χ2v) is 5.82. The van der Waals surface area contributed by atoms with Gasteiger partial charge in [-0.1, -0.05) is 0 Å². The van der Waals surface area contributed by atoms with Gasteiger partial charge in [0.1, 0.15) is 0 Å². The molecule has 2 atom stereocenters. The first-order chi connectivity index (χ1) is 9.08. The summed E-state index contributed by atoms with van der Waals surface area (Å²) in [6.07, 6.45) is 3.89. The van der Waals surface area contributed by atoms with Crippen LogP contribution in [0.5, 0.6) is 0 Å². The quantitative estimate of drug-likeness (QED) is 0.837. The molecule has 0 bridgehead atoms. The molecule has 19 heavy (non-hydrogen) atoms. The number of ether oxygens (including phenoxy) is 1. The van der Waals surface area contributed by atoms with Crippen molar-refractivity contribution in [3.05, 3.63) is 0 Å². The molecule has 2 fully saturated rings. The van der Waals surface area contributed by atoms with Gasteiger partial charge in [-0.15, -0.1) is 0 Å². The molecule has 0 aromatic carbocycles. The van der Waals surface area contributed by atoms with Gasteiger partial charge < -0.3 is 14.7 Å². The second-order valence-electron chi connectivity index (χ2n) is 5.82. The van der Waals surface area contributed by atoms with E-state index in [1.165, 1.54) is 0 Å². The van der Waals surface area contributed by atoms with Crippen LogP contribution in [0.25, 0.3) is 0 Å². The van der Waals surface area contributed by atoms with Crippen molar-refractivity contribution in [2.45, 2.75) is 32.1 Å². The molecule has 5 nitrogen and oxygen atoms in total. The van der Waals surface area contributed by atoms with Crippen LogP contribution < -0.4 is 0 Å². The third kappa shape index (κ3) is 3.69. The number of amides is 1. The third-order valence-corrected chi connectivity index (χ3v) is 4.38. The SMILES string of the molecule is CN(CC1CCOCC1)C(=O)C1CCC(C(=O)O)C1. The van der Waals surface area contributed by atoms with Crippen molar-refractivity contribution in [3.8, 4) is 0 Å². The van der Waals surface area contributed by atoms with Gasteiger partial charge in [-0.25, -0.2) is 0 Å². The first kappa shape index (κ1) is 14.3. The lowest BCUT2D eigenvalue weighted by Gasteiger charge is -2.28. The van der Waals surface area contributed by atoms with Gasteiger partial charge in [0.15, 0.2) is 0 Å². The van der Waals surface area contributed by atoms with Gasteiger partial charge in [-0.05, 0) is 38.0 Å². The van der Waals surface area contributed by atoms with Crippen LogP contribution in [0.2, 0.25) is 0 Å². The number of hydrogen-bond acceptors (Lipinski definition) is 3. The second kappa shape index (κ2) is 6.37. The highest BCUT2D eigenvalue weighted by Gasteiger charge is 2.35. The summed E-state index contributed by atoms with van der Waals surface area (Å²) >= 11 is 0. The number of aliphatic carboxylic acids is 1. The molecule has 0 aromatic rings. The molecule has 2 rings (SSSR count). The minimum Gasteiger partial charge on any atom is -0.481 e. The summed E-state index contributed by atoms with van der Waals surface area (Å²) in [7, 11) is 1.84. The average molecular weight is 269 g/mol. The molecule has 0 aromatic heterocycles. The Balaban J connectivity index is 1.80. The van der Waals surface area contributed by atoms with Crippen LogP contribution in [0.1, 0.15) is 32.1 Å². The van der Waals surface area contributed by atoms with E-state index in [4.69, 9.17) is 9.84 Å². The van der Waals surface area contributed by atoms with E-state index in [-0.39, 0.29) is 17.7 Å². The molecule has 1 aliphatic heterocycles. The summed E-state index contributed by atoms with van der Waals surface area (Å²) < 4.78 is 5.31. The van der Waals surface area contributed by atoms with Gasteiger partial charge >= 0.3 is 5.97 Å². The Morgan fingerprint density at radius 1 is 1.16 bits per heavy atom. The zero-order valence-corrected chi connectivity index (χ0v) is 11.5. The predicted molar refractivity (Wildman–Crippen MR) is 69.6 cm³/mol. The molecule has 1 saturated heterocycles. The minimum absolute atomic E-state index is 0.0917. The van der Waals surface area contributed by atoms with E-state index >= 15 is 0 Å². The highest BCUT2D eigenvalue weighted by molar-refractivity contribution is 5.80. The summed E-state index contributed by atoms with van der Waals surface area (Å²) in [6, 6.07) is 0. The molecule has 0 radical (unpaired) electrons. The van der Waals surface area contributed by atoms with E-state index in [1.54, 1.807) is 4.90 Å². The maximum atomic E-state index is 12.3. The summed E-state index contributed by atoms with van der Waals surface area (Å²) in [6.45, 7) is 2.35. The molecule has 5 heteroatoms. The molecular weight excluding hydrogens is 246 g/mol. The van der Waals surface area contributed by atoms with Gasteiger partial charge in [0.2, 0.25) is 5.91 Å². The lowest BCUT2D eigenvalue weighted by atomic mass is 9.98. The van der Waals surface area contributed by atoms with Crippen LogP contribution in [0, 0.1) is 17.8 Å². The number of carboxylic acid groups (broad SMARTS) is 1. The van der Waals surface area contributed by atoms with Gasteiger partial charge in [-0.2, -0.15) is 0 Å². The van der Waals surface area contributed by atoms with Gasteiger partial charge in [-0.3, -0.25) is 9.59 Å². The van der Waals surface area contributed by atoms with Gasteiger partial charge in [0, 0.05) is 32.7 Å². The van der Waals surface area contributed by atoms with Crippen molar-refractivity contribution in [2.75, 3.05) is 26.8 Å². The fraction of sp³-hybridized carbons (Fsp3) is 0.857.